The molecule has 0 aromatic heterocycles. The molecular weight excluding hydrogens is 354 g/mol. The molecule has 2 amide bonds. The zero-order valence-corrected chi connectivity index (χ0v) is 19.3. The van der Waals surface area contributed by atoms with Gasteiger partial charge in [0.25, 0.3) is 0 Å². The molecule has 0 aromatic carbocycles. The van der Waals surface area contributed by atoms with Crippen LogP contribution in [0.5, 0.6) is 0 Å². The Balaban J connectivity index is 2.65. The molecule has 4 atom stereocenters. The molecule has 0 aromatic rings. The highest BCUT2D eigenvalue weighted by Crippen LogP contribution is 2.32. The van der Waals surface area contributed by atoms with Crippen LogP contribution in [0.2, 0.25) is 0 Å². The van der Waals surface area contributed by atoms with Gasteiger partial charge in [-0.05, 0) is 80.2 Å². The van der Waals surface area contributed by atoms with Gasteiger partial charge in [0.15, 0.2) is 0 Å². The zero-order chi connectivity index (χ0) is 21.5. The molecule has 1 aliphatic carbocycles. The Hall–Kier alpha value is -1.30. The molecule has 0 unspecified atom stereocenters. The van der Waals surface area contributed by atoms with E-state index in [1.807, 2.05) is 20.8 Å². The van der Waals surface area contributed by atoms with Gasteiger partial charge >= 0.3 is 6.09 Å². The smallest absolute Gasteiger partial charge is 0.408 e. The number of unbranched alkanes of at least 4 members (excludes halogenated alkanes) is 1. The van der Waals surface area contributed by atoms with Crippen LogP contribution < -0.4 is 10.6 Å². The van der Waals surface area contributed by atoms with E-state index in [9.17, 15) is 9.59 Å². The van der Waals surface area contributed by atoms with Crippen LogP contribution in [0.4, 0.5) is 4.79 Å². The van der Waals surface area contributed by atoms with Crippen molar-refractivity contribution in [3.63, 3.8) is 0 Å². The van der Waals surface area contributed by atoms with Crippen LogP contribution in [-0.2, 0) is 9.53 Å². The van der Waals surface area contributed by atoms with E-state index < -0.39 is 17.7 Å². The van der Waals surface area contributed by atoms with Gasteiger partial charge in [-0.3, -0.25) is 4.79 Å². The lowest BCUT2D eigenvalue weighted by atomic mass is 9.78. The quantitative estimate of drug-likeness (QED) is 0.647. The number of hydrogen-bond donors (Lipinski definition) is 2. The Bertz CT molecular complexity index is 502. The van der Waals surface area contributed by atoms with Gasteiger partial charge in [0, 0.05) is 18.1 Å². The van der Waals surface area contributed by atoms with Gasteiger partial charge in [-0.15, -0.1) is 0 Å². The van der Waals surface area contributed by atoms with Crippen LogP contribution in [0, 0.1) is 5.92 Å². The van der Waals surface area contributed by atoms with E-state index >= 15 is 0 Å². The van der Waals surface area contributed by atoms with Crippen LogP contribution in [0.3, 0.4) is 0 Å². The molecule has 2 N–H and O–H groups in total. The first kappa shape index (κ1) is 24.7. The normalized spacial score (nSPS) is 24.1. The summed E-state index contributed by atoms with van der Waals surface area (Å²) in [5, 5.41) is 5.85. The second-order valence-corrected chi connectivity index (χ2v) is 9.61. The minimum Gasteiger partial charge on any atom is -0.444 e. The van der Waals surface area contributed by atoms with Crippen molar-refractivity contribution in [2.75, 3.05) is 7.05 Å². The molecule has 1 fully saturated rings. The monoisotopic (exact) mass is 397 g/mol. The molecule has 0 saturated heterocycles. The van der Waals surface area contributed by atoms with Crippen molar-refractivity contribution >= 4 is 12.0 Å². The standard InChI is InChI=1S/C22H43N3O3/c1-9-10-11-17-14-18(25(8)15(2)3)12-13-19(17)24-20(26)16(4)23-21(27)28-22(5,6)7/h15-19H,9-14H2,1-8H3,(H,23,27)(H,24,26)/t16-,17-,18-,19+/m1/s1. The van der Waals surface area contributed by atoms with Crippen molar-refractivity contribution in [3.8, 4) is 0 Å². The van der Waals surface area contributed by atoms with Gasteiger partial charge in [-0.25, -0.2) is 4.79 Å². The van der Waals surface area contributed by atoms with E-state index in [0.717, 1.165) is 25.7 Å². The highest BCUT2D eigenvalue weighted by atomic mass is 16.6. The third kappa shape index (κ3) is 8.38. The van der Waals surface area contributed by atoms with E-state index in [0.29, 0.717) is 18.0 Å². The van der Waals surface area contributed by atoms with E-state index in [1.54, 1.807) is 6.92 Å². The van der Waals surface area contributed by atoms with Crippen molar-refractivity contribution in [2.45, 2.75) is 117 Å². The Labute approximate surface area is 172 Å². The van der Waals surface area contributed by atoms with Gasteiger partial charge in [-0.2, -0.15) is 0 Å². The molecule has 28 heavy (non-hydrogen) atoms. The molecular formula is C22H43N3O3. The summed E-state index contributed by atoms with van der Waals surface area (Å²) in [6, 6.07) is 0.671. The molecule has 0 radical (unpaired) electrons. The maximum absolute atomic E-state index is 12.7. The topological polar surface area (TPSA) is 70.7 Å². The number of carbonyl (C=O) groups is 2. The highest BCUT2D eigenvalue weighted by molar-refractivity contribution is 5.85. The van der Waals surface area contributed by atoms with Gasteiger partial charge < -0.3 is 20.3 Å². The van der Waals surface area contributed by atoms with Crippen molar-refractivity contribution in [1.82, 2.24) is 15.5 Å². The fraction of sp³-hybridized carbons (Fsp3) is 0.909. The fourth-order valence-electron chi connectivity index (χ4n) is 3.86. The molecule has 1 rings (SSSR count). The number of alkyl carbamates (subject to hydrolysis) is 1. The summed E-state index contributed by atoms with van der Waals surface area (Å²) in [4.78, 5) is 27.1. The van der Waals surface area contributed by atoms with Crippen LogP contribution in [0.25, 0.3) is 0 Å². The maximum atomic E-state index is 12.7. The van der Waals surface area contributed by atoms with Crippen molar-refractivity contribution in [1.29, 1.82) is 0 Å². The number of nitrogens with zero attached hydrogens (tertiary/aromatic N) is 1. The molecule has 6 heteroatoms. The van der Waals surface area contributed by atoms with Crippen LogP contribution >= 0.6 is 0 Å². The number of nitrogens with one attached hydrogen (secondary N) is 2. The SMILES string of the molecule is CCCC[C@@H]1C[C@H](N(C)C(C)C)CC[C@@H]1NC(=O)[C@@H](C)NC(=O)OC(C)(C)C. The molecule has 6 nitrogen and oxygen atoms in total. The van der Waals surface area contributed by atoms with Gasteiger partial charge in [-0.1, -0.05) is 19.8 Å². The van der Waals surface area contributed by atoms with Crippen molar-refractivity contribution in [3.05, 3.63) is 0 Å². The Kier molecular flexibility index (Phi) is 9.75. The second-order valence-electron chi connectivity index (χ2n) is 9.61. The Morgan fingerprint density at radius 1 is 1.18 bits per heavy atom. The first-order valence-corrected chi connectivity index (χ1v) is 11.0. The van der Waals surface area contributed by atoms with E-state index in [2.05, 4.69) is 43.4 Å². The highest BCUT2D eigenvalue weighted by Gasteiger charge is 2.34. The lowest BCUT2D eigenvalue weighted by Crippen LogP contribution is -2.53. The average Bonchev–Trinajstić information content (AvgIpc) is 2.58. The van der Waals surface area contributed by atoms with Gasteiger partial charge in [0.2, 0.25) is 5.91 Å². The third-order valence-electron chi connectivity index (χ3n) is 5.73. The summed E-state index contributed by atoms with van der Waals surface area (Å²) in [5.74, 6) is 0.352. The van der Waals surface area contributed by atoms with E-state index in [4.69, 9.17) is 4.74 Å². The predicted octanol–water partition coefficient (Wildman–Crippen LogP) is 4.08. The average molecular weight is 398 g/mol. The summed E-state index contributed by atoms with van der Waals surface area (Å²) in [5.41, 5.74) is -0.577. The molecule has 0 spiro atoms. The number of rotatable bonds is 8. The van der Waals surface area contributed by atoms with E-state index in [1.165, 1.54) is 12.8 Å². The summed E-state index contributed by atoms with van der Waals surface area (Å²) in [7, 11) is 2.21. The first-order chi connectivity index (χ1) is 12.9. The van der Waals surface area contributed by atoms with E-state index in [-0.39, 0.29) is 11.9 Å². The molecule has 0 bridgehead atoms. The molecule has 0 heterocycles. The predicted molar refractivity (Wildman–Crippen MR) is 114 cm³/mol. The zero-order valence-electron chi connectivity index (χ0n) is 19.3. The summed E-state index contributed by atoms with van der Waals surface area (Å²) in [6.07, 6.45) is 6.13. The van der Waals surface area contributed by atoms with Gasteiger partial charge in [0.1, 0.15) is 11.6 Å². The lowest BCUT2D eigenvalue weighted by molar-refractivity contribution is -0.124. The van der Waals surface area contributed by atoms with Crippen molar-refractivity contribution < 1.29 is 14.3 Å². The molecule has 1 aliphatic rings. The maximum Gasteiger partial charge on any atom is 0.408 e. The number of ether oxygens (including phenoxy) is 1. The molecule has 164 valence electrons. The number of amides is 2. The van der Waals surface area contributed by atoms with Gasteiger partial charge in [0.05, 0.1) is 0 Å². The molecule has 1 saturated carbocycles. The third-order valence-corrected chi connectivity index (χ3v) is 5.73. The number of hydrogen-bond acceptors (Lipinski definition) is 4. The minimum atomic E-state index is -0.613. The Morgan fingerprint density at radius 2 is 1.82 bits per heavy atom. The fourth-order valence-corrected chi connectivity index (χ4v) is 3.86. The summed E-state index contributed by atoms with van der Waals surface area (Å²) < 4.78 is 5.25. The molecule has 0 aliphatic heterocycles. The van der Waals surface area contributed by atoms with Crippen LogP contribution in [0.15, 0.2) is 0 Å². The second kappa shape index (κ2) is 11.0. The first-order valence-electron chi connectivity index (χ1n) is 11.0. The largest absolute Gasteiger partial charge is 0.444 e. The number of carbonyl (C=O) groups excluding carboxylic acids is 2. The van der Waals surface area contributed by atoms with Crippen LogP contribution in [-0.4, -0.2) is 53.7 Å². The summed E-state index contributed by atoms with van der Waals surface area (Å²) >= 11 is 0. The minimum absolute atomic E-state index is 0.131. The van der Waals surface area contributed by atoms with Crippen molar-refractivity contribution in [2.24, 2.45) is 5.92 Å². The van der Waals surface area contributed by atoms with Crippen LogP contribution in [0.1, 0.15) is 87.0 Å². The summed E-state index contributed by atoms with van der Waals surface area (Å²) in [6.45, 7) is 13.8. The lowest BCUT2D eigenvalue weighted by Gasteiger charge is -2.42. The Morgan fingerprint density at radius 3 is 2.36 bits per heavy atom.